The minimum Gasteiger partial charge on any atom is -0.465 e. The molecule has 116 valence electrons. The number of amides is 2. The topological polar surface area (TPSA) is 99.1 Å². The Hall–Kier alpha value is -1.50. The Morgan fingerprint density at radius 2 is 1.90 bits per heavy atom. The van der Waals surface area contributed by atoms with E-state index in [1.807, 2.05) is 0 Å². The second-order valence-corrected chi connectivity index (χ2v) is 6.18. The van der Waals surface area contributed by atoms with E-state index in [0.717, 1.165) is 0 Å². The van der Waals surface area contributed by atoms with Crippen LogP contribution in [-0.2, 0) is 4.74 Å². The number of nitrogens with zero attached hydrogens (tertiary/aromatic N) is 1. The number of carbonyl (C=O) groups is 2. The van der Waals surface area contributed by atoms with Crippen molar-refractivity contribution in [2.24, 2.45) is 0 Å². The summed E-state index contributed by atoms with van der Waals surface area (Å²) in [6.45, 7) is 7.03. The van der Waals surface area contributed by atoms with Gasteiger partial charge in [-0.3, -0.25) is 0 Å². The molecule has 7 nitrogen and oxygen atoms in total. The van der Waals surface area contributed by atoms with Crippen LogP contribution in [0.5, 0.6) is 0 Å². The first-order valence-electron chi connectivity index (χ1n) is 6.77. The molecule has 7 heteroatoms. The molecule has 0 bridgehead atoms. The lowest BCUT2D eigenvalue weighted by Crippen LogP contribution is -2.48. The number of alkyl carbamates (subject to hydrolysis) is 1. The van der Waals surface area contributed by atoms with Gasteiger partial charge in [-0.05, 0) is 40.5 Å². The van der Waals surface area contributed by atoms with Crippen LogP contribution in [0, 0.1) is 0 Å². The molecule has 0 aromatic heterocycles. The number of β-amino-alcohol motifs (C(OH)–C–C–N with tert-alkyl or cyclic N) is 1. The van der Waals surface area contributed by atoms with E-state index in [1.165, 1.54) is 4.90 Å². The molecule has 0 spiro atoms. The molecule has 1 heterocycles. The van der Waals surface area contributed by atoms with Crippen LogP contribution < -0.4 is 5.32 Å². The Kier molecular flexibility index (Phi) is 5.21. The Bertz CT molecular complexity index is 366. The summed E-state index contributed by atoms with van der Waals surface area (Å²) in [6.07, 6.45) is -1.52. The molecule has 0 aliphatic carbocycles. The third-order valence-electron chi connectivity index (χ3n) is 3.22. The van der Waals surface area contributed by atoms with Crippen LogP contribution in [0.15, 0.2) is 0 Å². The Morgan fingerprint density at radius 3 is 2.40 bits per heavy atom. The normalized spacial score (nSPS) is 27.6. The van der Waals surface area contributed by atoms with Crippen molar-refractivity contribution < 1.29 is 24.5 Å². The van der Waals surface area contributed by atoms with Crippen LogP contribution in [-0.4, -0.2) is 57.6 Å². The number of hydrogen-bond donors (Lipinski definition) is 3. The molecule has 0 radical (unpaired) electrons. The molecule has 1 fully saturated rings. The van der Waals surface area contributed by atoms with Gasteiger partial charge in [0.05, 0.1) is 18.7 Å². The van der Waals surface area contributed by atoms with Gasteiger partial charge in [-0.1, -0.05) is 0 Å². The fourth-order valence-corrected chi connectivity index (χ4v) is 2.17. The van der Waals surface area contributed by atoms with Crippen LogP contribution >= 0.6 is 0 Å². The number of carbonyl (C=O) groups excluding carboxylic acids is 1. The third kappa shape index (κ3) is 4.88. The Morgan fingerprint density at radius 1 is 1.30 bits per heavy atom. The molecule has 1 saturated heterocycles. The minimum atomic E-state index is -1.06. The summed E-state index contributed by atoms with van der Waals surface area (Å²) in [5, 5.41) is 21.7. The monoisotopic (exact) mass is 288 g/mol. The van der Waals surface area contributed by atoms with E-state index < -0.39 is 29.9 Å². The van der Waals surface area contributed by atoms with Gasteiger partial charge in [0.15, 0.2) is 0 Å². The smallest absolute Gasteiger partial charge is 0.407 e. The number of likely N-dealkylation sites (tertiary alicyclic amines) is 1. The van der Waals surface area contributed by atoms with E-state index in [2.05, 4.69) is 5.32 Å². The number of aliphatic hydroxyl groups excluding tert-OH is 1. The molecule has 1 rings (SSSR count). The second-order valence-electron chi connectivity index (χ2n) is 6.18. The molecule has 0 unspecified atom stereocenters. The quantitative estimate of drug-likeness (QED) is 0.677. The highest BCUT2D eigenvalue weighted by Gasteiger charge is 2.33. The van der Waals surface area contributed by atoms with Gasteiger partial charge < -0.3 is 25.2 Å². The Balaban J connectivity index is 2.64. The van der Waals surface area contributed by atoms with Crippen LogP contribution in [0.25, 0.3) is 0 Å². The van der Waals surface area contributed by atoms with Crippen molar-refractivity contribution in [2.45, 2.75) is 64.3 Å². The first kappa shape index (κ1) is 16.6. The van der Waals surface area contributed by atoms with Crippen LogP contribution in [0.1, 0.15) is 40.5 Å². The van der Waals surface area contributed by atoms with E-state index in [4.69, 9.17) is 9.84 Å². The zero-order valence-corrected chi connectivity index (χ0v) is 12.4. The van der Waals surface area contributed by atoms with Crippen molar-refractivity contribution in [3.8, 4) is 0 Å². The maximum atomic E-state index is 11.7. The number of rotatable bonds is 1. The first-order valence-corrected chi connectivity index (χ1v) is 6.77. The van der Waals surface area contributed by atoms with Crippen molar-refractivity contribution in [2.75, 3.05) is 6.54 Å². The zero-order valence-electron chi connectivity index (χ0n) is 12.4. The number of ether oxygens (including phenoxy) is 1. The summed E-state index contributed by atoms with van der Waals surface area (Å²) < 4.78 is 5.14. The lowest BCUT2D eigenvalue weighted by molar-refractivity contribution is 0.0392. The largest absolute Gasteiger partial charge is 0.465 e. The Labute approximate surface area is 118 Å². The number of hydrogen-bond acceptors (Lipinski definition) is 4. The third-order valence-corrected chi connectivity index (χ3v) is 3.22. The molecule has 1 aliphatic rings. The molecular weight excluding hydrogens is 264 g/mol. The molecule has 2 amide bonds. The predicted molar refractivity (Wildman–Crippen MR) is 72.6 cm³/mol. The molecule has 0 aromatic carbocycles. The fraction of sp³-hybridized carbons (Fsp3) is 0.846. The summed E-state index contributed by atoms with van der Waals surface area (Å²) in [5.41, 5.74) is -0.611. The second kappa shape index (κ2) is 6.30. The number of aliphatic hydroxyl groups is 1. The summed E-state index contributed by atoms with van der Waals surface area (Å²) in [4.78, 5) is 24.0. The molecule has 1 aliphatic heterocycles. The summed E-state index contributed by atoms with van der Waals surface area (Å²) in [7, 11) is 0. The van der Waals surface area contributed by atoms with Gasteiger partial charge in [0, 0.05) is 6.04 Å². The van der Waals surface area contributed by atoms with Crippen LogP contribution in [0.2, 0.25) is 0 Å². The van der Waals surface area contributed by atoms with Crippen molar-refractivity contribution in [3.63, 3.8) is 0 Å². The standard InChI is InChI=1S/C13H24N2O5/c1-8-5-6-9(10(16)7-15(8)12(18)19)14-11(17)20-13(2,3)4/h8-10,16H,5-7H2,1-4H3,(H,14,17)(H,18,19)/t8-,9-,10-/m1/s1. The highest BCUT2D eigenvalue weighted by Crippen LogP contribution is 2.18. The first-order chi connectivity index (χ1) is 9.10. The van der Waals surface area contributed by atoms with Crippen molar-refractivity contribution in [3.05, 3.63) is 0 Å². The van der Waals surface area contributed by atoms with E-state index in [0.29, 0.717) is 12.8 Å². The summed E-state index contributed by atoms with van der Waals surface area (Å²) >= 11 is 0. The molecule has 20 heavy (non-hydrogen) atoms. The van der Waals surface area contributed by atoms with Gasteiger partial charge in [-0.2, -0.15) is 0 Å². The van der Waals surface area contributed by atoms with Crippen molar-refractivity contribution in [1.82, 2.24) is 10.2 Å². The van der Waals surface area contributed by atoms with Gasteiger partial charge >= 0.3 is 12.2 Å². The zero-order chi connectivity index (χ0) is 15.5. The van der Waals surface area contributed by atoms with E-state index in [9.17, 15) is 14.7 Å². The van der Waals surface area contributed by atoms with Gasteiger partial charge in [-0.25, -0.2) is 9.59 Å². The SMILES string of the molecule is C[C@@H]1CC[C@@H](NC(=O)OC(C)(C)C)[C@H](O)CN1C(=O)O. The fourth-order valence-electron chi connectivity index (χ4n) is 2.17. The van der Waals surface area contributed by atoms with Gasteiger partial charge in [-0.15, -0.1) is 0 Å². The number of carboxylic acid groups (broad SMARTS) is 1. The highest BCUT2D eigenvalue weighted by atomic mass is 16.6. The molecule has 3 atom stereocenters. The van der Waals surface area contributed by atoms with Crippen LogP contribution in [0.3, 0.4) is 0 Å². The molecule has 0 saturated carbocycles. The minimum absolute atomic E-state index is 0.0169. The molecular formula is C13H24N2O5. The van der Waals surface area contributed by atoms with E-state index >= 15 is 0 Å². The van der Waals surface area contributed by atoms with Crippen molar-refractivity contribution in [1.29, 1.82) is 0 Å². The van der Waals surface area contributed by atoms with E-state index in [-0.39, 0.29) is 12.6 Å². The van der Waals surface area contributed by atoms with E-state index in [1.54, 1.807) is 27.7 Å². The average molecular weight is 288 g/mol. The average Bonchev–Trinajstić information content (AvgIpc) is 2.39. The van der Waals surface area contributed by atoms with Crippen LogP contribution in [0.4, 0.5) is 9.59 Å². The maximum absolute atomic E-state index is 11.7. The summed E-state index contributed by atoms with van der Waals surface area (Å²) in [6, 6.07) is -0.691. The van der Waals surface area contributed by atoms with Gasteiger partial charge in [0.1, 0.15) is 5.60 Å². The number of nitrogens with one attached hydrogen (secondary N) is 1. The lowest BCUT2D eigenvalue weighted by Gasteiger charge is -2.27. The molecule has 3 N–H and O–H groups in total. The maximum Gasteiger partial charge on any atom is 0.407 e. The highest BCUT2D eigenvalue weighted by molar-refractivity contribution is 5.68. The lowest BCUT2D eigenvalue weighted by atomic mass is 10.1. The predicted octanol–water partition coefficient (Wildman–Crippen LogP) is 1.40. The van der Waals surface area contributed by atoms with Gasteiger partial charge in [0.2, 0.25) is 0 Å². The van der Waals surface area contributed by atoms with Gasteiger partial charge in [0.25, 0.3) is 0 Å². The summed E-state index contributed by atoms with van der Waals surface area (Å²) in [5.74, 6) is 0. The molecule has 0 aromatic rings. The van der Waals surface area contributed by atoms with Crippen molar-refractivity contribution >= 4 is 12.2 Å².